The van der Waals surface area contributed by atoms with Gasteiger partial charge in [0.25, 0.3) is 0 Å². The summed E-state index contributed by atoms with van der Waals surface area (Å²) in [7, 11) is 0. The highest BCUT2D eigenvalue weighted by atomic mass is 16.5. The van der Waals surface area contributed by atoms with E-state index in [1.165, 1.54) is 17.5 Å². The van der Waals surface area contributed by atoms with E-state index < -0.39 is 0 Å². The second-order valence-electron chi connectivity index (χ2n) is 5.63. The number of benzene rings is 1. The molecular formula is C17H28N2O. The van der Waals surface area contributed by atoms with Gasteiger partial charge in [0.15, 0.2) is 0 Å². The Balaban J connectivity index is 1.87. The smallest absolute Gasteiger partial charge is 0.0700 e. The van der Waals surface area contributed by atoms with Crippen molar-refractivity contribution in [3.8, 4) is 0 Å². The van der Waals surface area contributed by atoms with E-state index in [9.17, 15) is 0 Å². The topological polar surface area (TPSA) is 24.5 Å². The summed E-state index contributed by atoms with van der Waals surface area (Å²) >= 11 is 0. The highest BCUT2D eigenvalue weighted by Gasteiger charge is 2.18. The van der Waals surface area contributed by atoms with Crippen LogP contribution in [0.4, 0.5) is 0 Å². The van der Waals surface area contributed by atoms with E-state index in [0.717, 1.165) is 45.8 Å². The Kier molecular flexibility index (Phi) is 6.51. The van der Waals surface area contributed by atoms with E-state index in [2.05, 4.69) is 48.3 Å². The SMILES string of the molecule is CCCNCc1cccc(CN2CCOC(CC)C2)c1. The summed E-state index contributed by atoms with van der Waals surface area (Å²) in [5.74, 6) is 0. The molecule has 0 bridgehead atoms. The molecule has 1 aliphatic heterocycles. The lowest BCUT2D eigenvalue weighted by Gasteiger charge is -2.32. The van der Waals surface area contributed by atoms with Crippen molar-refractivity contribution in [1.29, 1.82) is 0 Å². The first-order valence-electron chi connectivity index (χ1n) is 7.94. The minimum Gasteiger partial charge on any atom is -0.376 e. The number of ether oxygens (including phenoxy) is 1. The Morgan fingerprint density at radius 1 is 1.30 bits per heavy atom. The van der Waals surface area contributed by atoms with Crippen LogP contribution in [-0.4, -0.2) is 37.2 Å². The molecule has 0 amide bonds. The van der Waals surface area contributed by atoms with Gasteiger partial charge in [-0.3, -0.25) is 4.90 Å². The van der Waals surface area contributed by atoms with Crippen LogP contribution in [0.5, 0.6) is 0 Å². The van der Waals surface area contributed by atoms with Crippen molar-refractivity contribution >= 4 is 0 Å². The molecule has 1 aromatic rings. The zero-order valence-corrected chi connectivity index (χ0v) is 12.9. The van der Waals surface area contributed by atoms with Gasteiger partial charge in [-0.15, -0.1) is 0 Å². The van der Waals surface area contributed by atoms with Crippen LogP contribution in [0.3, 0.4) is 0 Å². The van der Waals surface area contributed by atoms with Crippen molar-refractivity contribution in [3.05, 3.63) is 35.4 Å². The molecule has 0 radical (unpaired) electrons. The van der Waals surface area contributed by atoms with Gasteiger partial charge in [-0.2, -0.15) is 0 Å². The Morgan fingerprint density at radius 2 is 2.15 bits per heavy atom. The second kappa shape index (κ2) is 8.40. The van der Waals surface area contributed by atoms with Gasteiger partial charge < -0.3 is 10.1 Å². The van der Waals surface area contributed by atoms with Crippen LogP contribution >= 0.6 is 0 Å². The molecule has 1 saturated heterocycles. The van der Waals surface area contributed by atoms with Gasteiger partial charge in [0.2, 0.25) is 0 Å². The van der Waals surface area contributed by atoms with Gasteiger partial charge in [0.1, 0.15) is 0 Å². The maximum Gasteiger partial charge on any atom is 0.0700 e. The van der Waals surface area contributed by atoms with Crippen molar-refractivity contribution in [2.45, 2.75) is 45.9 Å². The number of hydrogen-bond acceptors (Lipinski definition) is 3. The maximum absolute atomic E-state index is 5.73. The minimum atomic E-state index is 0.415. The van der Waals surface area contributed by atoms with Gasteiger partial charge in [-0.25, -0.2) is 0 Å². The maximum atomic E-state index is 5.73. The molecule has 0 saturated carbocycles. The first-order chi connectivity index (χ1) is 9.81. The first-order valence-corrected chi connectivity index (χ1v) is 7.94. The molecule has 1 heterocycles. The molecule has 112 valence electrons. The molecule has 20 heavy (non-hydrogen) atoms. The molecule has 1 atom stereocenters. The van der Waals surface area contributed by atoms with Crippen LogP contribution in [0.25, 0.3) is 0 Å². The van der Waals surface area contributed by atoms with Crippen molar-refractivity contribution in [2.75, 3.05) is 26.2 Å². The van der Waals surface area contributed by atoms with E-state index >= 15 is 0 Å². The van der Waals surface area contributed by atoms with Crippen LogP contribution in [-0.2, 0) is 17.8 Å². The minimum absolute atomic E-state index is 0.415. The number of morpholine rings is 1. The Hall–Kier alpha value is -0.900. The van der Waals surface area contributed by atoms with Gasteiger partial charge in [0.05, 0.1) is 12.7 Å². The summed E-state index contributed by atoms with van der Waals surface area (Å²) in [6.07, 6.45) is 2.71. The van der Waals surface area contributed by atoms with E-state index in [1.54, 1.807) is 0 Å². The fraction of sp³-hybridized carbons (Fsp3) is 0.647. The molecule has 1 aromatic carbocycles. The average Bonchev–Trinajstić information content (AvgIpc) is 2.48. The fourth-order valence-electron chi connectivity index (χ4n) is 2.68. The lowest BCUT2D eigenvalue weighted by atomic mass is 10.1. The van der Waals surface area contributed by atoms with Gasteiger partial charge in [-0.1, -0.05) is 38.1 Å². The lowest BCUT2D eigenvalue weighted by molar-refractivity contribution is -0.0324. The largest absolute Gasteiger partial charge is 0.376 e. The molecule has 1 N–H and O–H groups in total. The number of hydrogen-bond donors (Lipinski definition) is 1. The Labute approximate surface area is 123 Å². The molecule has 1 unspecified atom stereocenters. The summed E-state index contributed by atoms with van der Waals surface area (Å²) in [4.78, 5) is 2.51. The van der Waals surface area contributed by atoms with E-state index in [4.69, 9.17) is 4.74 Å². The third kappa shape index (κ3) is 4.89. The third-order valence-corrected chi connectivity index (χ3v) is 3.83. The predicted octanol–water partition coefficient (Wildman–Crippen LogP) is 2.80. The van der Waals surface area contributed by atoms with Crippen molar-refractivity contribution < 1.29 is 4.74 Å². The van der Waals surface area contributed by atoms with E-state index in [1.807, 2.05) is 0 Å². The summed E-state index contributed by atoms with van der Waals surface area (Å²) in [5.41, 5.74) is 2.80. The second-order valence-corrected chi connectivity index (χ2v) is 5.63. The van der Waals surface area contributed by atoms with Crippen molar-refractivity contribution in [1.82, 2.24) is 10.2 Å². The van der Waals surface area contributed by atoms with Crippen molar-refractivity contribution in [2.24, 2.45) is 0 Å². The van der Waals surface area contributed by atoms with Crippen LogP contribution in [0, 0.1) is 0 Å². The Bertz CT molecular complexity index is 394. The molecule has 0 spiro atoms. The molecule has 3 heteroatoms. The normalized spacial score (nSPS) is 20.2. The standard InChI is InChI=1S/C17H28N2O/c1-3-8-18-12-15-6-5-7-16(11-15)13-19-9-10-20-17(4-2)14-19/h5-7,11,17-18H,3-4,8-10,12-14H2,1-2H3. The molecular weight excluding hydrogens is 248 g/mol. The average molecular weight is 276 g/mol. The molecule has 0 aliphatic carbocycles. The summed E-state index contributed by atoms with van der Waals surface area (Å²) in [6.45, 7) is 10.5. The molecule has 2 rings (SSSR count). The van der Waals surface area contributed by atoms with Crippen molar-refractivity contribution in [3.63, 3.8) is 0 Å². The summed E-state index contributed by atoms with van der Waals surface area (Å²) < 4.78 is 5.73. The molecule has 3 nitrogen and oxygen atoms in total. The monoisotopic (exact) mass is 276 g/mol. The number of rotatable bonds is 7. The van der Waals surface area contributed by atoms with E-state index in [-0.39, 0.29) is 0 Å². The fourth-order valence-corrected chi connectivity index (χ4v) is 2.68. The molecule has 1 aliphatic rings. The van der Waals surface area contributed by atoms with Gasteiger partial charge in [0, 0.05) is 26.2 Å². The zero-order chi connectivity index (χ0) is 14.2. The van der Waals surface area contributed by atoms with E-state index in [0.29, 0.717) is 6.10 Å². The highest BCUT2D eigenvalue weighted by molar-refractivity contribution is 5.23. The highest BCUT2D eigenvalue weighted by Crippen LogP contribution is 2.13. The van der Waals surface area contributed by atoms with Crippen LogP contribution in [0.15, 0.2) is 24.3 Å². The summed E-state index contributed by atoms with van der Waals surface area (Å²) in [5, 5.41) is 3.46. The molecule has 1 fully saturated rings. The van der Waals surface area contributed by atoms with Gasteiger partial charge >= 0.3 is 0 Å². The Morgan fingerprint density at radius 3 is 2.95 bits per heavy atom. The molecule has 0 aromatic heterocycles. The first kappa shape index (κ1) is 15.5. The van der Waals surface area contributed by atoms with Crippen LogP contribution in [0.1, 0.15) is 37.8 Å². The lowest BCUT2D eigenvalue weighted by Crippen LogP contribution is -2.41. The van der Waals surface area contributed by atoms with Crippen LogP contribution < -0.4 is 5.32 Å². The number of nitrogens with one attached hydrogen (secondary N) is 1. The van der Waals surface area contributed by atoms with Crippen LogP contribution in [0.2, 0.25) is 0 Å². The predicted molar refractivity (Wildman–Crippen MR) is 83.7 cm³/mol. The quantitative estimate of drug-likeness (QED) is 0.775. The summed E-state index contributed by atoms with van der Waals surface area (Å²) in [6, 6.07) is 8.95. The van der Waals surface area contributed by atoms with Gasteiger partial charge in [-0.05, 0) is 30.5 Å². The third-order valence-electron chi connectivity index (χ3n) is 3.83. The number of nitrogens with zero attached hydrogens (tertiary/aromatic N) is 1. The zero-order valence-electron chi connectivity index (χ0n) is 12.9.